The third kappa shape index (κ3) is 4.70. The summed E-state index contributed by atoms with van der Waals surface area (Å²) in [6.07, 6.45) is 0. The van der Waals surface area contributed by atoms with Crippen LogP contribution in [-0.4, -0.2) is 24.5 Å². The third-order valence-electron chi connectivity index (χ3n) is 3.66. The van der Waals surface area contributed by atoms with Gasteiger partial charge >= 0.3 is 0 Å². The molecule has 0 atom stereocenters. The van der Waals surface area contributed by atoms with Crippen molar-refractivity contribution in [2.24, 2.45) is 0 Å². The Balaban J connectivity index is 1.78. The highest BCUT2D eigenvalue weighted by Crippen LogP contribution is 2.23. The van der Waals surface area contributed by atoms with E-state index in [-0.39, 0.29) is 22.1 Å². The Bertz CT molecular complexity index is 1100. The molecule has 0 bridgehead atoms. The summed E-state index contributed by atoms with van der Waals surface area (Å²) in [7, 11) is -3.94. The maximum absolute atomic E-state index is 13.0. The lowest BCUT2D eigenvalue weighted by atomic mass is 10.2. The molecule has 10 heteroatoms. The van der Waals surface area contributed by atoms with E-state index < -0.39 is 21.7 Å². The zero-order chi connectivity index (χ0) is 20.3. The molecule has 28 heavy (non-hydrogen) atoms. The van der Waals surface area contributed by atoms with E-state index in [1.54, 1.807) is 0 Å². The highest BCUT2D eigenvalue weighted by molar-refractivity contribution is 7.92. The van der Waals surface area contributed by atoms with Crippen LogP contribution in [0, 0.1) is 5.82 Å². The Hall–Kier alpha value is -2.85. The number of carbonyl (C=O) groups excluding carboxylic acids is 1. The van der Waals surface area contributed by atoms with Crippen molar-refractivity contribution in [1.29, 1.82) is 0 Å². The lowest BCUT2D eigenvalue weighted by molar-refractivity contribution is 0.102. The summed E-state index contributed by atoms with van der Waals surface area (Å²) in [5.74, 6) is -0.779. The number of anilines is 2. The molecular weight excluding hydrogens is 403 g/mol. The summed E-state index contributed by atoms with van der Waals surface area (Å²) in [5, 5.41) is 11.6. The maximum atomic E-state index is 13.0. The predicted molar refractivity (Wildman–Crippen MR) is 106 cm³/mol. The first-order chi connectivity index (χ1) is 13.2. The predicted octanol–water partition coefficient (Wildman–Crippen LogP) is 3.85. The second kappa shape index (κ2) is 8.03. The summed E-state index contributed by atoms with van der Waals surface area (Å²) < 4.78 is 40.4. The molecule has 1 aromatic heterocycles. The first kappa shape index (κ1) is 19.9. The minimum atomic E-state index is -3.94. The number of benzene rings is 2. The average Bonchev–Trinajstić information content (AvgIpc) is 3.12. The first-order valence-corrected chi connectivity index (χ1v) is 10.6. The molecule has 7 nitrogen and oxygen atoms in total. The SMILES string of the molecule is CC(C)c1nnc(NC(=O)c2cccc(S(=O)(=O)Nc3ccc(F)cc3)c2)s1. The van der Waals surface area contributed by atoms with Gasteiger partial charge < -0.3 is 0 Å². The fourth-order valence-electron chi connectivity index (χ4n) is 2.22. The maximum Gasteiger partial charge on any atom is 0.261 e. The van der Waals surface area contributed by atoms with Crippen molar-refractivity contribution < 1.29 is 17.6 Å². The van der Waals surface area contributed by atoms with E-state index >= 15 is 0 Å². The summed E-state index contributed by atoms with van der Waals surface area (Å²) >= 11 is 1.26. The van der Waals surface area contributed by atoms with Crippen LogP contribution < -0.4 is 10.0 Å². The van der Waals surface area contributed by atoms with Gasteiger partial charge in [-0.3, -0.25) is 14.8 Å². The van der Waals surface area contributed by atoms with Crippen LogP contribution in [0.2, 0.25) is 0 Å². The van der Waals surface area contributed by atoms with Crippen LogP contribution in [0.4, 0.5) is 15.2 Å². The van der Waals surface area contributed by atoms with Gasteiger partial charge in [-0.05, 0) is 42.5 Å². The van der Waals surface area contributed by atoms with E-state index in [1.807, 2.05) is 13.8 Å². The molecule has 2 aromatic carbocycles. The fourth-order valence-corrected chi connectivity index (χ4v) is 4.07. The number of sulfonamides is 1. The van der Waals surface area contributed by atoms with Crippen LogP contribution in [0.15, 0.2) is 53.4 Å². The van der Waals surface area contributed by atoms with Crippen LogP contribution in [0.3, 0.4) is 0 Å². The number of hydrogen-bond acceptors (Lipinski definition) is 6. The highest BCUT2D eigenvalue weighted by atomic mass is 32.2. The molecule has 0 aliphatic heterocycles. The molecule has 0 radical (unpaired) electrons. The standard InChI is InChI=1S/C18H17FN4O3S2/c1-11(2)17-21-22-18(27-17)20-16(24)12-4-3-5-15(10-12)28(25,26)23-14-8-6-13(19)7-9-14/h3-11,23H,1-2H3,(H,20,22,24). The molecule has 1 heterocycles. The molecule has 0 fully saturated rings. The summed E-state index contributed by atoms with van der Waals surface area (Å²) in [5.41, 5.74) is 0.370. The summed E-state index contributed by atoms with van der Waals surface area (Å²) in [4.78, 5) is 12.3. The van der Waals surface area contributed by atoms with Gasteiger partial charge in [-0.2, -0.15) is 0 Å². The topological polar surface area (TPSA) is 101 Å². The van der Waals surface area contributed by atoms with Crippen molar-refractivity contribution in [1.82, 2.24) is 10.2 Å². The minimum Gasteiger partial charge on any atom is -0.296 e. The van der Waals surface area contributed by atoms with E-state index in [0.717, 1.165) is 17.1 Å². The van der Waals surface area contributed by atoms with Crippen molar-refractivity contribution in [3.05, 3.63) is 64.9 Å². The number of aromatic nitrogens is 2. The Morgan fingerprint density at radius 2 is 1.82 bits per heavy atom. The Kier molecular flexibility index (Phi) is 5.71. The van der Waals surface area contributed by atoms with E-state index in [0.29, 0.717) is 5.13 Å². The zero-order valence-corrected chi connectivity index (χ0v) is 16.6. The molecule has 0 saturated heterocycles. The third-order valence-corrected chi connectivity index (χ3v) is 6.18. The van der Waals surface area contributed by atoms with Gasteiger partial charge in [0.25, 0.3) is 15.9 Å². The fraction of sp³-hybridized carbons (Fsp3) is 0.167. The van der Waals surface area contributed by atoms with E-state index in [9.17, 15) is 17.6 Å². The van der Waals surface area contributed by atoms with Gasteiger partial charge in [-0.15, -0.1) is 10.2 Å². The van der Waals surface area contributed by atoms with E-state index in [1.165, 1.54) is 47.7 Å². The molecule has 0 saturated carbocycles. The van der Waals surface area contributed by atoms with Crippen LogP contribution in [0.25, 0.3) is 0 Å². The Labute approximate surface area is 165 Å². The number of rotatable bonds is 6. The smallest absolute Gasteiger partial charge is 0.261 e. The number of amides is 1. The lowest BCUT2D eigenvalue weighted by Gasteiger charge is -2.09. The van der Waals surface area contributed by atoms with Crippen molar-refractivity contribution in [3.8, 4) is 0 Å². The van der Waals surface area contributed by atoms with Crippen molar-refractivity contribution in [3.63, 3.8) is 0 Å². The molecule has 146 valence electrons. The molecular formula is C18H17FN4O3S2. The molecule has 3 aromatic rings. The van der Waals surface area contributed by atoms with Gasteiger partial charge in [0.1, 0.15) is 10.8 Å². The van der Waals surface area contributed by atoms with Crippen LogP contribution in [-0.2, 0) is 10.0 Å². The molecule has 0 spiro atoms. The second-order valence-electron chi connectivity index (χ2n) is 6.19. The van der Waals surface area contributed by atoms with Gasteiger partial charge in [0.15, 0.2) is 0 Å². The van der Waals surface area contributed by atoms with Gasteiger partial charge in [0.2, 0.25) is 5.13 Å². The Morgan fingerprint density at radius 1 is 1.11 bits per heavy atom. The van der Waals surface area contributed by atoms with Gasteiger partial charge in [-0.1, -0.05) is 31.3 Å². The molecule has 1 amide bonds. The molecule has 0 unspecified atom stereocenters. The molecule has 0 aliphatic rings. The number of halogens is 1. The zero-order valence-electron chi connectivity index (χ0n) is 15.0. The monoisotopic (exact) mass is 420 g/mol. The number of hydrogen-bond donors (Lipinski definition) is 2. The molecule has 0 aliphatic carbocycles. The van der Waals surface area contributed by atoms with Crippen molar-refractivity contribution >= 4 is 38.1 Å². The largest absolute Gasteiger partial charge is 0.296 e. The second-order valence-corrected chi connectivity index (χ2v) is 8.89. The van der Waals surface area contributed by atoms with Crippen LogP contribution >= 0.6 is 11.3 Å². The highest BCUT2D eigenvalue weighted by Gasteiger charge is 2.18. The number of nitrogens with one attached hydrogen (secondary N) is 2. The van der Waals surface area contributed by atoms with E-state index in [2.05, 4.69) is 20.2 Å². The summed E-state index contributed by atoms with van der Waals surface area (Å²) in [6, 6.07) is 10.5. The van der Waals surface area contributed by atoms with Crippen LogP contribution in [0.5, 0.6) is 0 Å². The van der Waals surface area contributed by atoms with Crippen LogP contribution in [0.1, 0.15) is 35.1 Å². The summed E-state index contributed by atoms with van der Waals surface area (Å²) in [6.45, 7) is 3.93. The van der Waals surface area contributed by atoms with E-state index in [4.69, 9.17) is 0 Å². The first-order valence-electron chi connectivity index (χ1n) is 8.28. The normalized spacial score (nSPS) is 11.4. The van der Waals surface area contributed by atoms with Gasteiger partial charge in [0.05, 0.1) is 4.90 Å². The minimum absolute atomic E-state index is 0.0930. The number of nitrogens with zero attached hydrogens (tertiary/aromatic N) is 2. The number of carbonyl (C=O) groups is 1. The van der Waals surface area contributed by atoms with Gasteiger partial charge in [-0.25, -0.2) is 12.8 Å². The lowest BCUT2D eigenvalue weighted by Crippen LogP contribution is -2.16. The average molecular weight is 420 g/mol. The molecule has 3 rings (SSSR count). The molecule has 2 N–H and O–H groups in total. The van der Waals surface area contributed by atoms with Crippen molar-refractivity contribution in [2.75, 3.05) is 10.0 Å². The Morgan fingerprint density at radius 3 is 2.46 bits per heavy atom. The quantitative estimate of drug-likeness (QED) is 0.631. The van der Waals surface area contributed by atoms with Gasteiger partial charge in [0, 0.05) is 17.2 Å². The van der Waals surface area contributed by atoms with Crippen molar-refractivity contribution in [2.45, 2.75) is 24.7 Å².